The quantitative estimate of drug-likeness (QED) is 0.548. The summed E-state index contributed by atoms with van der Waals surface area (Å²) in [6, 6.07) is 2.19. The number of hydrogen-bond acceptors (Lipinski definition) is 1. The molecule has 1 unspecified atom stereocenters. The molecule has 0 heterocycles. The standard InChI is InChI=1S/C8H8BrN/c1-7-2-4-8(9,6-10)5-3-7/h2-4H,5H2,1H3. The van der Waals surface area contributed by atoms with Crippen LogP contribution in [0.2, 0.25) is 0 Å². The Morgan fingerprint density at radius 2 is 2.50 bits per heavy atom. The fraction of sp³-hybridized carbons (Fsp3) is 0.375. The van der Waals surface area contributed by atoms with E-state index in [-0.39, 0.29) is 0 Å². The third-order valence-electron chi connectivity index (χ3n) is 1.52. The molecule has 0 fully saturated rings. The van der Waals surface area contributed by atoms with Gasteiger partial charge in [-0.2, -0.15) is 5.26 Å². The highest BCUT2D eigenvalue weighted by Gasteiger charge is 2.22. The van der Waals surface area contributed by atoms with Gasteiger partial charge in [-0.25, -0.2) is 0 Å². The molecule has 2 heteroatoms. The molecule has 1 nitrogen and oxygen atoms in total. The Kier molecular flexibility index (Phi) is 1.96. The van der Waals surface area contributed by atoms with Crippen LogP contribution in [0, 0.1) is 11.3 Å². The minimum absolute atomic E-state index is 0.438. The molecule has 0 aromatic carbocycles. The van der Waals surface area contributed by atoms with Crippen molar-refractivity contribution in [1.29, 1.82) is 5.26 Å². The van der Waals surface area contributed by atoms with Crippen LogP contribution < -0.4 is 0 Å². The average molecular weight is 198 g/mol. The Bertz CT molecular complexity index is 234. The van der Waals surface area contributed by atoms with Crippen molar-refractivity contribution < 1.29 is 0 Å². The number of nitriles is 1. The van der Waals surface area contributed by atoms with Crippen LogP contribution in [-0.4, -0.2) is 4.32 Å². The normalized spacial score (nSPS) is 31.1. The summed E-state index contributed by atoms with van der Waals surface area (Å²) in [5.74, 6) is 0. The maximum absolute atomic E-state index is 8.66. The van der Waals surface area contributed by atoms with E-state index in [2.05, 4.69) is 28.1 Å². The molecular formula is C8H8BrN. The number of hydrogen-bond donors (Lipinski definition) is 0. The maximum atomic E-state index is 8.66. The zero-order valence-electron chi connectivity index (χ0n) is 5.76. The van der Waals surface area contributed by atoms with Gasteiger partial charge in [-0.1, -0.05) is 39.7 Å². The number of halogens is 1. The average Bonchev–Trinajstić information content (AvgIpc) is 1.96. The van der Waals surface area contributed by atoms with Gasteiger partial charge in [0.15, 0.2) is 0 Å². The van der Waals surface area contributed by atoms with Gasteiger partial charge in [0.25, 0.3) is 0 Å². The van der Waals surface area contributed by atoms with Crippen LogP contribution in [0.1, 0.15) is 13.3 Å². The van der Waals surface area contributed by atoms with Gasteiger partial charge in [0.2, 0.25) is 0 Å². The predicted octanol–water partition coefficient (Wildman–Crippen LogP) is 2.55. The lowest BCUT2D eigenvalue weighted by molar-refractivity contribution is 0.902. The highest BCUT2D eigenvalue weighted by molar-refractivity contribution is 9.10. The van der Waals surface area contributed by atoms with Crippen molar-refractivity contribution in [2.45, 2.75) is 17.7 Å². The molecular weight excluding hydrogens is 190 g/mol. The Labute approximate surface area is 69.2 Å². The van der Waals surface area contributed by atoms with Crippen LogP contribution >= 0.6 is 15.9 Å². The van der Waals surface area contributed by atoms with E-state index >= 15 is 0 Å². The third kappa shape index (κ3) is 1.48. The summed E-state index contributed by atoms with van der Waals surface area (Å²) in [7, 11) is 0. The number of nitrogens with zero attached hydrogens (tertiary/aromatic N) is 1. The van der Waals surface area contributed by atoms with E-state index in [1.165, 1.54) is 5.57 Å². The van der Waals surface area contributed by atoms with Crippen molar-refractivity contribution in [3.8, 4) is 6.07 Å². The zero-order valence-corrected chi connectivity index (χ0v) is 7.35. The smallest absolute Gasteiger partial charge is 0.134 e. The van der Waals surface area contributed by atoms with Crippen molar-refractivity contribution in [3.05, 3.63) is 23.8 Å². The van der Waals surface area contributed by atoms with Crippen molar-refractivity contribution in [2.24, 2.45) is 0 Å². The lowest BCUT2D eigenvalue weighted by atomic mass is 9.99. The maximum Gasteiger partial charge on any atom is 0.134 e. The molecule has 1 rings (SSSR count). The molecule has 0 saturated carbocycles. The molecule has 0 saturated heterocycles. The summed E-state index contributed by atoms with van der Waals surface area (Å²) in [6.45, 7) is 2.03. The zero-order chi connectivity index (χ0) is 7.61. The Balaban J connectivity index is 2.80. The van der Waals surface area contributed by atoms with Crippen molar-refractivity contribution in [2.75, 3.05) is 0 Å². The fourth-order valence-electron chi connectivity index (χ4n) is 0.792. The van der Waals surface area contributed by atoms with Crippen LogP contribution in [0.25, 0.3) is 0 Å². The van der Waals surface area contributed by atoms with Crippen molar-refractivity contribution >= 4 is 15.9 Å². The highest BCUT2D eigenvalue weighted by atomic mass is 79.9. The summed E-state index contributed by atoms with van der Waals surface area (Å²) >= 11 is 3.33. The first-order chi connectivity index (χ1) is 4.66. The lowest BCUT2D eigenvalue weighted by Crippen LogP contribution is -2.15. The summed E-state index contributed by atoms with van der Waals surface area (Å²) in [4.78, 5) is 0. The monoisotopic (exact) mass is 197 g/mol. The molecule has 0 N–H and O–H groups in total. The first-order valence-electron chi connectivity index (χ1n) is 3.12. The lowest BCUT2D eigenvalue weighted by Gasteiger charge is -2.15. The van der Waals surface area contributed by atoms with E-state index in [0.717, 1.165) is 6.42 Å². The minimum Gasteiger partial charge on any atom is -0.196 e. The van der Waals surface area contributed by atoms with Crippen LogP contribution in [0.3, 0.4) is 0 Å². The SMILES string of the molecule is CC1=CCC(Br)(C#N)C=C1. The van der Waals surface area contributed by atoms with Gasteiger partial charge in [0.1, 0.15) is 4.32 Å². The minimum atomic E-state index is -0.438. The number of alkyl halides is 1. The summed E-state index contributed by atoms with van der Waals surface area (Å²) in [5, 5.41) is 8.66. The van der Waals surface area contributed by atoms with Crippen LogP contribution in [0.4, 0.5) is 0 Å². The Morgan fingerprint density at radius 3 is 2.90 bits per heavy atom. The van der Waals surface area contributed by atoms with E-state index < -0.39 is 4.32 Å². The number of allylic oxidation sites excluding steroid dienone is 4. The second-order valence-corrected chi connectivity index (χ2v) is 3.87. The molecule has 1 aliphatic carbocycles. The molecule has 0 bridgehead atoms. The van der Waals surface area contributed by atoms with Crippen molar-refractivity contribution in [3.63, 3.8) is 0 Å². The molecule has 0 radical (unpaired) electrons. The van der Waals surface area contributed by atoms with E-state index in [1.807, 2.05) is 19.1 Å². The molecule has 0 aliphatic heterocycles. The van der Waals surface area contributed by atoms with Crippen LogP contribution in [-0.2, 0) is 0 Å². The molecule has 10 heavy (non-hydrogen) atoms. The van der Waals surface area contributed by atoms with Crippen LogP contribution in [0.5, 0.6) is 0 Å². The third-order valence-corrected chi connectivity index (χ3v) is 2.28. The summed E-state index contributed by atoms with van der Waals surface area (Å²) in [6.07, 6.45) is 6.67. The van der Waals surface area contributed by atoms with Crippen molar-refractivity contribution in [1.82, 2.24) is 0 Å². The van der Waals surface area contributed by atoms with Gasteiger partial charge in [-0.3, -0.25) is 0 Å². The molecule has 1 atom stereocenters. The molecule has 0 amide bonds. The van der Waals surface area contributed by atoms with Gasteiger partial charge in [-0.05, 0) is 13.3 Å². The fourth-order valence-corrected chi connectivity index (χ4v) is 1.09. The molecule has 0 aromatic heterocycles. The van der Waals surface area contributed by atoms with Gasteiger partial charge in [0, 0.05) is 0 Å². The van der Waals surface area contributed by atoms with E-state index in [1.54, 1.807) is 0 Å². The van der Waals surface area contributed by atoms with Gasteiger partial charge in [-0.15, -0.1) is 0 Å². The van der Waals surface area contributed by atoms with Gasteiger partial charge in [0.05, 0.1) is 6.07 Å². The second kappa shape index (κ2) is 2.59. The highest BCUT2D eigenvalue weighted by Crippen LogP contribution is 2.28. The molecule has 0 spiro atoms. The van der Waals surface area contributed by atoms with Gasteiger partial charge >= 0.3 is 0 Å². The van der Waals surface area contributed by atoms with E-state index in [9.17, 15) is 0 Å². The first kappa shape index (κ1) is 7.56. The van der Waals surface area contributed by atoms with E-state index in [4.69, 9.17) is 5.26 Å². The first-order valence-corrected chi connectivity index (χ1v) is 3.92. The molecule has 52 valence electrons. The molecule has 0 aromatic rings. The Hall–Kier alpha value is -0.550. The summed E-state index contributed by atoms with van der Waals surface area (Å²) in [5.41, 5.74) is 1.23. The predicted molar refractivity (Wildman–Crippen MR) is 44.8 cm³/mol. The van der Waals surface area contributed by atoms with Crippen LogP contribution in [0.15, 0.2) is 23.8 Å². The van der Waals surface area contributed by atoms with Gasteiger partial charge < -0.3 is 0 Å². The second-order valence-electron chi connectivity index (χ2n) is 2.46. The largest absolute Gasteiger partial charge is 0.196 e. The summed E-state index contributed by atoms with van der Waals surface area (Å²) < 4.78 is -0.438. The van der Waals surface area contributed by atoms with E-state index in [0.29, 0.717) is 0 Å². The molecule has 1 aliphatic rings. The Morgan fingerprint density at radius 1 is 1.80 bits per heavy atom. The topological polar surface area (TPSA) is 23.8 Å². The number of rotatable bonds is 0.